The van der Waals surface area contributed by atoms with Crippen molar-refractivity contribution < 1.29 is 47.6 Å². The molecule has 0 aromatic heterocycles. The molecule has 1 atom stereocenters. The molecule has 1 N–H and O–H groups in total. The van der Waals surface area contributed by atoms with Crippen molar-refractivity contribution in [2.24, 2.45) is 5.92 Å². The monoisotopic (exact) mass is 218 g/mol. The molecule has 0 saturated heterocycles. The molecular weight excluding hydrogens is 203 g/mol. The van der Waals surface area contributed by atoms with E-state index in [0.29, 0.717) is 6.42 Å². The van der Waals surface area contributed by atoms with Gasteiger partial charge in [-0.15, -0.1) is 0 Å². The second-order valence-electron chi connectivity index (χ2n) is 3.56. The van der Waals surface area contributed by atoms with Crippen molar-refractivity contribution in [3.05, 3.63) is 0 Å². The fourth-order valence-electron chi connectivity index (χ4n) is 0.681. The van der Waals surface area contributed by atoms with Crippen LogP contribution in [0.2, 0.25) is 0 Å². The molecule has 74 valence electrons. The normalized spacial score (nSPS) is 16.5. The molecule has 0 rings (SSSR count). The van der Waals surface area contributed by atoms with Gasteiger partial charge in [0.05, 0.1) is 0 Å². The summed E-state index contributed by atoms with van der Waals surface area (Å²) in [6, 6.07) is 0. The van der Waals surface area contributed by atoms with E-state index >= 15 is 0 Å². The van der Waals surface area contributed by atoms with Crippen LogP contribution in [0.3, 0.4) is 0 Å². The minimum absolute atomic E-state index is 0. The number of aliphatic hydroxyl groups is 1. The maximum absolute atomic E-state index is 10.5. The molecule has 0 spiro atoms. The van der Waals surface area contributed by atoms with Gasteiger partial charge >= 0.3 is 29.6 Å². The zero-order valence-corrected chi connectivity index (χ0v) is 11.4. The summed E-state index contributed by atoms with van der Waals surface area (Å²) >= 11 is 0. The number of hydrogen-bond acceptors (Lipinski definition) is 4. The second kappa shape index (κ2) is 5.68. The van der Waals surface area contributed by atoms with Crippen LogP contribution in [0, 0.1) is 5.92 Å². The van der Waals surface area contributed by atoms with Crippen molar-refractivity contribution in [1.29, 1.82) is 0 Å². The molecule has 0 fully saturated rings. The van der Waals surface area contributed by atoms with Crippen LogP contribution < -0.4 is 29.6 Å². The molecule has 0 aromatic rings. The maximum atomic E-state index is 10.5. The molecule has 13 heavy (non-hydrogen) atoms. The molecule has 0 saturated carbocycles. The Balaban J connectivity index is 0. The van der Waals surface area contributed by atoms with E-state index in [1.165, 1.54) is 0 Å². The molecule has 1 unspecified atom stereocenters. The summed E-state index contributed by atoms with van der Waals surface area (Å²) in [5.41, 5.74) is 0. The summed E-state index contributed by atoms with van der Waals surface area (Å²) < 4.78 is 31.4. The average molecular weight is 218 g/mol. The quantitative estimate of drug-likeness (QED) is 0.424. The van der Waals surface area contributed by atoms with E-state index < -0.39 is 15.1 Å². The third-order valence-corrected chi connectivity index (χ3v) is 3.01. The Hall–Kier alpha value is 0.870. The van der Waals surface area contributed by atoms with Gasteiger partial charge < -0.3 is 9.66 Å². The first-order valence-electron chi connectivity index (χ1n) is 3.84. The molecule has 0 heterocycles. The summed E-state index contributed by atoms with van der Waals surface area (Å²) in [6.07, 6.45) is 0.519. The zero-order valence-electron chi connectivity index (χ0n) is 8.57. The standard InChI is InChI=1S/C7H16O4S.Na/c1-6(2)4-5-7(3,8)12(9,10)11;/h6,8H,4-5H2,1-3H3,(H,9,10,11);/q;+1/p-1. The minimum atomic E-state index is -4.59. The van der Waals surface area contributed by atoms with E-state index in [0.717, 1.165) is 6.92 Å². The first-order chi connectivity index (χ1) is 5.17. The van der Waals surface area contributed by atoms with E-state index in [1.807, 2.05) is 13.8 Å². The van der Waals surface area contributed by atoms with E-state index in [2.05, 4.69) is 0 Å². The van der Waals surface area contributed by atoms with Crippen molar-refractivity contribution in [3.63, 3.8) is 0 Å². The van der Waals surface area contributed by atoms with Gasteiger partial charge in [-0.3, -0.25) is 0 Å². The average Bonchev–Trinajstić information content (AvgIpc) is 1.81. The summed E-state index contributed by atoms with van der Waals surface area (Å²) in [7, 11) is -4.59. The smallest absolute Gasteiger partial charge is 0.746 e. The SMILES string of the molecule is CC(C)CCC(C)(O)S(=O)(=O)[O-].[Na+]. The molecule has 0 aromatic carbocycles. The van der Waals surface area contributed by atoms with Crippen LogP contribution in [-0.4, -0.2) is 23.0 Å². The van der Waals surface area contributed by atoms with Crippen LogP contribution in [0.1, 0.15) is 33.6 Å². The molecule has 0 aliphatic heterocycles. The van der Waals surface area contributed by atoms with Crippen LogP contribution in [0.25, 0.3) is 0 Å². The van der Waals surface area contributed by atoms with Gasteiger partial charge in [-0.05, 0) is 25.7 Å². The van der Waals surface area contributed by atoms with Gasteiger partial charge in [-0.1, -0.05) is 13.8 Å². The first-order valence-corrected chi connectivity index (χ1v) is 5.25. The van der Waals surface area contributed by atoms with E-state index in [9.17, 15) is 18.1 Å². The fraction of sp³-hybridized carbons (Fsp3) is 1.00. The third kappa shape index (κ3) is 6.04. The van der Waals surface area contributed by atoms with Crippen molar-refractivity contribution in [3.8, 4) is 0 Å². The van der Waals surface area contributed by atoms with Gasteiger partial charge in [0.15, 0.2) is 4.93 Å². The van der Waals surface area contributed by atoms with Crippen LogP contribution in [-0.2, 0) is 10.1 Å². The van der Waals surface area contributed by atoms with Gasteiger partial charge in [0.1, 0.15) is 10.1 Å². The van der Waals surface area contributed by atoms with E-state index in [-0.39, 0.29) is 41.9 Å². The molecule has 4 nitrogen and oxygen atoms in total. The van der Waals surface area contributed by atoms with Gasteiger partial charge in [0.2, 0.25) is 0 Å². The van der Waals surface area contributed by atoms with Gasteiger partial charge in [-0.2, -0.15) is 0 Å². The van der Waals surface area contributed by atoms with Gasteiger partial charge in [-0.25, -0.2) is 8.42 Å². The Morgan fingerprint density at radius 1 is 1.46 bits per heavy atom. The number of rotatable bonds is 4. The Bertz CT molecular complexity index is 233. The van der Waals surface area contributed by atoms with Crippen LogP contribution >= 0.6 is 0 Å². The molecule has 6 heteroatoms. The van der Waals surface area contributed by atoms with Crippen LogP contribution in [0.5, 0.6) is 0 Å². The molecule has 0 radical (unpaired) electrons. The predicted octanol–water partition coefficient (Wildman–Crippen LogP) is -2.32. The Labute approximate surface area is 102 Å². The van der Waals surface area contributed by atoms with Gasteiger partial charge in [0.25, 0.3) is 0 Å². The Morgan fingerprint density at radius 2 is 1.85 bits per heavy atom. The molecule has 0 bridgehead atoms. The van der Waals surface area contributed by atoms with Crippen molar-refractivity contribution in [2.45, 2.75) is 38.5 Å². The van der Waals surface area contributed by atoms with Gasteiger partial charge in [0, 0.05) is 0 Å². The minimum Gasteiger partial charge on any atom is -0.746 e. The molecule has 0 aliphatic rings. The molecule has 0 aliphatic carbocycles. The van der Waals surface area contributed by atoms with Crippen LogP contribution in [0.4, 0.5) is 0 Å². The fourth-order valence-corrected chi connectivity index (χ4v) is 1.05. The Kier molecular flexibility index (Phi) is 7.12. The Morgan fingerprint density at radius 3 is 2.08 bits per heavy atom. The maximum Gasteiger partial charge on any atom is 1.00 e. The van der Waals surface area contributed by atoms with Crippen molar-refractivity contribution in [2.75, 3.05) is 0 Å². The summed E-state index contributed by atoms with van der Waals surface area (Å²) in [6.45, 7) is 4.83. The predicted molar refractivity (Wildman–Crippen MR) is 44.4 cm³/mol. The summed E-state index contributed by atoms with van der Waals surface area (Å²) in [5.74, 6) is 0.276. The molecule has 0 amide bonds. The topological polar surface area (TPSA) is 77.4 Å². The third-order valence-electron chi connectivity index (χ3n) is 1.72. The first kappa shape index (κ1) is 16.3. The van der Waals surface area contributed by atoms with Crippen LogP contribution in [0.15, 0.2) is 0 Å². The van der Waals surface area contributed by atoms with Crippen molar-refractivity contribution in [1.82, 2.24) is 0 Å². The largest absolute Gasteiger partial charge is 1.00 e. The van der Waals surface area contributed by atoms with E-state index in [4.69, 9.17) is 0 Å². The second-order valence-corrected chi connectivity index (χ2v) is 5.35. The summed E-state index contributed by atoms with van der Waals surface area (Å²) in [5, 5.41) is 9.20. The zero-order chi connectivity index (χ0) is 9.99. The molecular formula is C7H15NaO4S. The van der Waals surface area contributed by atoms with E-state index in [1.54, 1.807) is 0 Å². The van der Waals surface area contributed by atoms with Crippen molar-refractivity contribution >= 4 is 10.1 Å². The number of hydrogen-bond donors (Lipinski definition) is 1. The summed E-state index contributed by atoms with van der Waals surface area (Å²) in [4.78, 5) is -2.11.